The van der Waals surface area contributed by atoms with Crippen LogP contribution in [-0.2, 0) is 6.42 Å². The van der Waals surface area contributed by atoms with Gasteiger partial charge in [0.15, 0.2) is 0 Å². The van der Waals surface area contributed by atoms with Crippen molar-refractivity contribution in [3.63, 3.8) is 0 Å². The molecule has 2 heteroatoms. The third kappa shape index (κ3) is 5.08. The number of hydrogen-bond donors (Lipinski definition) is 0. The van der Waals surface area contributed by atoms with Crippen molar-refractivity contribution in [2.24, 2.45) is 0 Å². The summed E-state index contributed by atoms with van der Waals surface area (Å²) in [5, 5.41) is 11.1. The van der Waals surface area contributed by atoms with Crippen molar-refractivity contribution in [2.45, 2.75) is 38.5 Å². The maximum Gasteiger partial charge on any atom is 0.113 e. The highest BCUT2D eigenvalue weighted by Crippen LogP contribution is 2.46. The van der Waals surface area contributed by atoms with Crippen molar-refractivity contribution >= 4 is 64.5 Å². The summed E-state index contributed by atoms with van der Waals surface area (Å²) < 4.78 is 0. The van der Waals surface area contributed by atoms with E-state index in [2.05, 4.69) is 202 Å². The van der Waals surface area contributed by atoms with E-state index in [1.165, 1.54) is 81.6 Å². The zero-order chi connectivity index (χ0) is 36.6. The summed E-state index contributed by atoms with van der Waals surface area (Å²) in [6.45, 7) is 9.99. The Kier molecular flexibility index (Phi) is 7.66. The van der Waals surface area contributed by atoms with E-state index in [0.717, 1.165) is 6.42 Å². The minimum absolute atomic E-state index is 0.385. The summed E-state index contributed by atoms with van der Waals surface area (Å²) in [4.78, 5) is 0. The van der Waals surface area contributed by atoms with E-state index in [0.29, 0.717) is 5.92 Å². The second-order valence-corrected chi connectivity index (χ2v) is 25.2. The van der Waals surface area contributed by atoms with E-state index in [1.807, 2.05) is 0 Å². The van der Waals surface area contributed by atoms with Crippen LogP contribution < -0.4 is 20.7 Å². The quantitative estimate of drug-likeness (QED) is 0.118. The van der Waals surface area contributed by atoms with E-state index in [9.17, 15) is 0 Å². The van der Waals surface area contributed by atoms with E-state index in [-0.39, 0.29) is 0 Å². The number of benzene rings is 7. The molecule has 0 heterocycles. The van der Waals surface area contributed by atoms with E-state index in [1.54, 1.807) is 10.8 Å². The zero-order valence-corrected chi connectivity index (χ0v) is 33.5. The smallest absolute Gasteiger partial charge is 0.0759 e. The van der Waals surface area contributed by atoms with Crippen LogP contribution in [0.15, 0.2) is 181 Å². The monoisotopic (exact) mass is 724 g/mol. The largest absolute Gasteiger partial charge is 0.113 e. The van der Waals surface area contributed by atoms with Gasteiger partial charge in [0.2, 0.25) is 0 Å². The highest BCUT2D eigenvalue weighted by molar-refractivity contribution is 7.01. The number of fused-ring (bicyclic) bond motifs is 2. The van der Waals surface area contributed by atoms with Crippen molar-refractivity contribution in [1.29, 1.82) is 0 Å². The van der Waals surface area contributed by atoms with Gasteiger partial charge in [-0.25, -0.2) is 0 Å². The van der Waals surface area contributed by atoms with Gasteiger partial charge in [-0.05, 0) is 83.2 Å². The van der Waals surface area contributed by atoms with Crippen molar-refractivity contribution in [1.82, 2.24) is 0 Å². The van der Waals surface area contributed by atoms with Gasteiger partial charge in [-0.3, -0.25) is 0 Å². The minimum atomic E-state index is -2.04. The number of hydrogen-bond acceptors (Lipinski definition) is 0. The lowest BCUT2D eigenvalue weighted by Gasteiger charge is -2.36. The summed E-state index contributed by atoms with van der Waals surface area (Å²) in [6.07, 6.45) is 15.1. The Balaban J connectivity index is 1.06. The SMILES string of the molecule is C[Si](C)(c1ccccc1)c1ccc(-c2c3ccccc3c(-c3ccc([Si](C)(C)c4ccc5c6c4C=CC4=CC=CC(=CC5)C46)cc3)c3ccccc23)cc1. The first-order valence-electron chi connectivity index (χ1n) is 19.4. The molecule has 260 valence electrons. The van der Waals surface area contributed by atoms with Gasteiger partial charge in [0.1, 0.15) is 16.1 Å². The van der Waals surface area contributed by atoms with Crippen LogP contribution in [0.25, 0.3) is 49.9 Å². The van der Waals surface area contributed by atoms with E-state index >= 15 is 0 Å². The summed E-state index contributed by atoms with van der Waals surface area (Å²) in [5.74, 6) is 0.385. The molecule has 7 aromatic carbocycles. The van der Waals surface area contributed by atoms with Crippen LogP contribution in [0.4, 0.5) is 0 Å². The lowest BCUT2D eigenvalue weighted by molar-refractivity contribution is 0.894. The average molecular weight is 725 g/mol. The van der Waals surface area contributed by atoms with Crippen LogP contribution in [-0.4, -0.2) is 16.1 Å². The lowest BCUT2D eigenvalue weighted by Crippen LogP contribution is -2.54. The highest BCUT2D eigenvalue weighted by Gasteiger charge is 2.36. The summed E-state index contributed by atoms with van der Waals surface area (Å²) in [6, 6.07) is 53.2. The molecule has 0 amide bonds. The third-order valence-corrected chi connectivity index (χ3v) is 19.9. The Hall–Kier alpha value is -5.55. The Morgan fingerprint density at radius 1 is 0.463 bits per heavy atom. The maximum absolute atomic E-state index is 2.54. The number of rotatable bonds is 6. The van der Waals surface area contributed by atoms with Gasteiger partial charge in [0, 0.05) is 5.92 Å². The first-order chi connectivity index (χ1) is 26.3. The van der Waals surface area contributed by atoms with Crippen LogP contribution >= 0.6 is 0 Å². The Bertz CT molecular complexity index is 2700. The second kappa shape index (κ2) is 12.5. The molecule has 0 N–H and O–H groups in total. The lowest BCUT2D eigenvalue weighted by atomic mass is 9.71. The third-order valence-electron chi connectivity index (χ3n) is 12.8. The Morgan fingerprint density at radius 2 is 0.981 bits per heavy atom. The molecule has 0 spiro atoms. The normalized spacial score (nSPS) is 16.0. The summed E-state index contributed by atoms with van der Waals surface area (Å²) in [7, 11) is -3.85. The molecule has 1 unspecified atom stereocenters. The number of allylic oxidation sites excluding steroid dienone is 7. The maximum atomic E-state index is 2.54. The molecular weight excluding hydrogens is 681 g/mol. The van der Waals surface area contributed by atoms with Gasteiger partial charge in [-0.1, -0.05) is 218 Å². The minimum Gasteiger partial charge on any atom is -0.0759 e. The zero-order valence-electron chi connectivity index (χ0n) is 31.5. The van der Waals surface area contributed by atoms with E-state index < -0.39 is 16.1 Å². The van der Waals surface area contributed by atoms with Crippen molar-refractivity contribution in [3.05, 3.63) is 198 Å². The molecule has 3 aliphatic rings. The predicted molar refractivity (Wildman–Crippen MR) is 239 cm³/mol. The molecule has 0 aromatic heterocycles. The van der Waals surface area contributed by atoms with Gasteiger partial charge in [-0.15, -0.1) is 0 Å². The van der Waals surface area contributed by atoms with Crippen LogP contribution in [0.3, 0.4) is 0 Å². The summed E-state index contributed by atoms with van der Waals surface area (Å²) in [5.41, 5.74) is 12.6. The van der Waals surface area contributed by atoms with Crippen LogP contribution in [0.5, 0.6) is 0 Å². The summed E-state index contributed by atoms with van der Waals surface area (Å²) >= 11 is 0. The van der Waals surface area contributed by atoms with Crippen LogP contribution in [0.2, 0.25) is 26.2 Å². The van der Waals surface area contributed by atoms with Crippen LogP contribution in [0.1, 0.15) is 22.6 Å². The molecule has 0 saturated carbocycles. The fourth-order valence-corrected chi connectivity index (χ4v) is 14.8. The molecule has 0 saturated heterocycles. The fourth-order valence-electron chi connectivity index (χ4n) is 9.69. The first kappa shape index (κ1) is 33.1. The predicted octanol–water partition coefficient (Wildman–Crippen LogP) is 11.1. The molecule has 10 rings (SSSR count). The molecule has 3 aliphatic carbocycles. The average Bonchev–Trinajstić information content (AvgIpc) is 3.22. The molecule has 54 heavy (non-hydrogen) atoms. The van der Waals surface area contributed by atoms with Crippen molar-refractivity contribution < 1.29 is 0 Å². The molecule has 7 aromatic rings. The highest BCUT2D eigenvalue weighted by atomic mass is 28.3. The van der Waals surface area contributed by atoms with E-state index in [4.69, 9.17) is 0 Å². The van der Waals surface area contributed by atoms with Gasteiger partial charge < -0.3 is 0 Å². The molecule has 0 radical (unpaired) electrons. The van der Waals surface area contributed by atoms with Gasteiger partial charge >= 0.3 is 0 Å². The molecule has 0 bridgehead atoms. The van der Waals surface area contributed by atoms with Gasteiger partial charge in [0.05, 0.1) is 0 Å². The van der Waals surface area contributed by atoms with Gasteiger partial charge in [0.25, 0.3) is 0 Å². The molecular formula is C52H44Si2. The molecule has 0 fully saturated rings. The molecule has 1 atom stereocenters. The standard InChI is InChI=1S/C52H44Si2/c1-53(2,40-15-6-5-7-16-40)41-29-23-37(24-30-41)50-43-17-8-10-19-45(43)51(46-20-11-9-18-44(46)50)38-25-31-42(32-26-38)54(3,4)48-34-28-39-22-21-35-13-12-14-36-27-33-47(48)52(39)49(35)36/h5-21,23-34,49H,22H2,1-4H3. The Labute approximate surface area is 321 Å². The van der Waals surface area contributed by atoms with Crippen molar-refractivity contribution in [2.75, 3.05) is 0 Å². The fraction of sp³-hybridized carbons (Fsp3) is 0.115. The van der Waals surface area contributed by atoms with Crippen LogP contribution in [0, 0.1) is 0 Å². The Morgan fingerprint density at radius 3 is 1.56 bits per heavy atom. The first-order valence-corrected chi connectivity index (χ1v) is 25.4. The topological polar surface area (TPSA) is 0 Å². The second-order valence-electron chi connectivity index (χ2n) is 16.4. The molecule has 0 aliphatic heterocycles. The van der Waals surface area contributed by atoms with Gasteiger partial charge in [-0.2, -0.15) is 0 Å². The van der Waals surface area contributed by atoms with Crippen molar-refractivity contribution in [3.8, 4) is 22.3 Å². The molecule has 0 nitrogen and oxygen atoms in total.